The summed E-state index contributed by atoms with van der Waals surface area (Å²) < 4.78 is 6.14. The molecule has 2 aromatic rings. The van der Waals surface area contributed by atoms with Crippen LogP contribution in [0.2, 0.25) is 0 Å². The maximum atomic E-state index is 12.9. The summed E-state index contributed by atoms with van der Waals surface area (Å²) >= 11 is 0. The van der Waals surface area contributed by atoms with Gasteiger partial charge in [0.15, 0.2) is 0 Å². The van der Waals surface area contributed by atoms with E-state index in [0.717, 1.165) is 68.7 Å². The second kappa shape index (κ2) is 12.6. The predicted octanol–water partition coefficient (Wildman–Crippen LogP) is 4.37. The molecule has 2 aliphatic heterocycles. The standard InChI is InChI=1S/C31H39N5O3/c1-2-22-19-33-31(34-20-22)36-13-9-23(10-14-36)21-39-29-8-7-26(17-27(29)18-32)24-3-5-25(6-4-24)30(38)35-15-11-28(37)12-16-35/h3,7-8,17,19-20,23,25,28,37H,2,4-6,9-16,21H2,1H3. The number of piperidine rings is 2. The molecule has 8 heteroatoms. The molecule has 1 unspecified atom stereocenters. The Labute approximate surface area is 231 Å². The first kappa shape index (κ1) is 27.1. The van der Waals surface area contributed by atoms with Gasteiger partial charge in [0.2, 0.25) is 11.9 Å². The quantitative estimate of drug-likeness (QED) is 0.568. The SMILES string of the molecule is CCc1cnc(N2CCC(COc3ccc(C4=CCC(C(=O)N5CCC(O)CC5)CC4)cc3C#N)CC2)nc1. The van der Waals surface area contributed by atoms with Crippen LogP contribution in [-0.2, 0) is 11.2 Å². The molecule has 206 valence electrons. The van der Waals surface area contributed by atoms with Crippen molar-refractivity contribution in [3.05, 3.63) is 53.4 Å². The van der Waals surface area contributed by atoms with Crippen molar-refractivity contribution in [1.82, 2.24) is 14.9 Å². The van der Waals surface area contributed by atoms with Gasteiger partial charge < -0.3 is 19.6 Å². The average Bonchev–Trinajstić information content (AvgIpc) is 3.00. The topological polar surface area (TPSA) is 103 Å². The van der Waals surface area contributed by atoms with E-state index in [9.17, 15) is 15.2 Å². The van der Waals surface area contributed by atoms with E-state index in [1.165, 1.54) is 5.57 Å². The van der Waals surface area contributed by atoms with Crippen LogP contribution in [0.25, 0.3) is 5.57 Å². The number of aliphatic hydroxyl groups excluding tert-OH is 1. The maximum Gasteiger partial charge on any atom is 0.226 e. The summed E-state index contributed by atoms with van der Waals surface area (Å²) in [6.45, 7) is 5.81. The Kier molecular flexibility index (Phi) is 8.77. The van der Waals surface area contributed by atoms with Crippen molar-refractivity contribution >= 4 is 17.4 Å². The number of benzene rings is 1. The number of hydrogen-bond donors (Lipinski definition) is 1. The van der Waals surface area contributed by atoms with E-state index in [0.29, 0.717) is 49.8 Å². The van der Waals surface area contributed by atoms with Crippen molar-refractivity contribution in [1.29, 1.82) is 5.26 Å². The van der Waals surface area contributed by atoms with Crippen molar-refractivity contribution < 1.29 is 14.6 Å². The monoisotopic (exact) mass is 529 g/mol. The molecule has 3 aliphatic rings. The van der Waals surface area contributed by atoms with Crippen LogP contribution in [0.1, 0.15) is 68.6 Å². The number of anilines is 1. The minimum Gasteiger partial charge on any atom is -0.492 e. The Morgan fingerprint density at radius 3 is 2.49 bits per heavy atom. The number of hydrogen-bond acceptors (Lipinski definition) is 7. The largest absolute Gasteiger partial charge is 0.492 e. The number of carbonyl (C=O) groups is 1. The molecule has 8 nitrogen and oxygen atoms in total. The van der Waals surface area contributed by atoms with E-state index in [-0.39, 0.29) is 17.9 Å². The first-order valence-electron chi connectivity index (χ1n) is 14.4. The van der Waals surface area contributed by atoms with Crippen molar-refractivity contribution in [3.63, 3.8) is 0 Å². The molecule has 5 rings (SSSR count). The molecule has 0 bridgehead atoms. The highest BCUT2D eigenvalue weighted by atomic mass is 16.5. The molecule has 1 aromatic carbocycles. The van der Waals surface area contributed by atoms with Gasteiger partial charge >= 0.3 is 0 Å². The molecule has 1 N–H and O–H groups in total. The molecule has 2 saturated heterocycles. The third-order valence-electron chi connectivity index (χ3n) is 8.48. The Hall–Kier alpha value is -3.44. The summed E-state index contributed by atoms with van der Waals surface area (Å²) in [5.74, 6) is 2.09. The maximum absolute atomic E-state index is 12.9. The number of nitriles is 1. The van der Waals surface area contributed by atoms with Gasteiger partial charge in [-0.2, -0.15) is 5.26 Å². The van der Waals surface area contributed by atoms with Crippen LogP contribution in [0, 0.1) is 23.2 Å². The number of aromatic nitrogens is 2. The Bertz CT molecular complexity index is 1210. The zero-order valence-electron chi connectivity index (χ0n) is 22.9. The number of amides is 1. The summed E-state index contributed by atoms with van der Waals surface area (Å²) in [5, 5.41) is 19.5. The molecule has 39 heavy (non-hydrogen) atoms. The highest BCUT2D eigenvalue weighted by molar-refractivity contribution is 5.81. The number of allylic oxidation sites excluding steroid dienone is 2. The van der Waals surface area contributed by atoms with Crippen molar-refractivity contribution in [2.24, 2.45) is 11.8 Å². The molecule has 0 saturated carbocycles. The third kappa shape index (κ3) is 6.59. The van der Waals surface area contributed by atoms with Crippen LogP contribution in [-0.4, -0.2) is 64.8 Å². The number of ether oxygens (including phenoxy) is 1. The molecule has 1 aromatic heterocycles. The van der Waals surface area contributed by atoms with Gasteiger partial charge in [0.05, 0.1) is 18.3 Å². The lowest BCUT2D eigenvalue weighted by Crippen LogP contribution is -2.43. The molecule has 0 spiro atoms. The summed E-state index contributed by atoms with van der Waals surface area (Å²) in [6, 6.07) is 8.20. The van der Waals surface area contributed by atoms with Crippen LogP contribution >= 0.6 is 0 Å². The fourth-order valence-corrected chi connectivity index (χ4v) is 5.81. The van der Waals surface area contributed by atoms with Crippen molar-refractivity contribution in [3.8, 4) is 11.8 Å². The van der Waals surface area contributed by atoms with Crippen molar-refractivity contribution in [2.45, 2.75) is 64.4 Å². The number of aryl methyl sites for hydroxylation is 1. The van der Waals surface area contributed by atoms with Gasteiger partial charge in [-0.1, -0.05) is 19.1 Å². The van der Waals surface area contributed by atoms with E-state index in [1.54, 1.807) is 0 Å². The lowest BCUT2D eigenvalue weighted by Gasteiger charge is -2.33. The molecule has 1 aliphatic carbocycles. The zero-order valence-corrected chi connectivity index (χ0v) is 22.9. The summed E-state index contributed by atoms with van der Waals surface area (Å²) in [7, 11) is 0. The first-order valence-corrected chi connectivity index (χ1v) is 14.4. The zero-order chi connectivity index (χ0) is 27.2. The molecular formula is C31H39N5O3. The highest BCUT2D eigenvalue weighted by Crippen LogP contribution is 2.34. The highest BCUT2D eigenvalue weighted by Gasteiger charge is 2.29. The van der Waals surface area contributed by atoms with E-state index < -0.39 is 0 Å². The number of aliphatic hydroxyl groups is 1. The second-order valence-corrected chi connectivity index (χ2v) is 11.1. The smallest absolute Gasteiger partial charge is 0.226 e. The van der Waals surface area contributed by atoms with Crippen LogP contribution in [0.5, 0.6) is 5.75 Å². The lowest BCUT2D eigenvalue weighted by molar-refractivity contribution is -0.137. The molecular weight excluding hydrogens is 490 g/mol. The van der Waals surface area contributed by atoms with Crippen LogP contribution in [0.4, 0.5) is 5.95 Å². The van der Waals surface area contributed by atoms with Gasteiger partial charge in [0, 0.05) is 44.5 Å². The normalized spacial score (nSPS) is 20.8. The summed E-state index contributed by atoms with van der Waals surface area (Å²) in [5.41, 5.74) is 3.93. The summed E-state index contributed by atoms with van der Waals surface area (Å²) in [4.78, 5) is 26.1. The van der Waals surface area contributed by atoms with Crippen LogP contribution < -0.4 is 9.64 Å². The Morgan fingerprint density at radius 1 is 1.10 bits per heavy atom. The molecule has 0 radical (unpaired) electrons. The number of rotatable bonds is 7. The van der Waals surface area contributed by atoms with Crippen LogP contribution in [0.15, 0.2) is 36.7 Å². The summed E-state index contributed by atoms with van der Waals surface area (Å²) in [6.07, 6.45) is 12.4. The van der Waals surface area contributed by atoms with Gasteiger partial charge in [0.1, 0.15) is 11.8 Å². The third-order valence-corrected chi connectivity index (χ3v) is 8.48. The minimum absolute atomic E-state index is 0.00993. The van der Waals surface area contributed by atoms with Gasteiger partial charge in [-0.25, -0.2) is 9.97 Å². The first-order chi connectivity index (χ1) is 19.0. The second-order valence-electron chi connectivity index (χ2n) is 11.1. The van der Waals surface area contributed by atoms with E-state index in [2.05, 4.69) is 33.9 Å². The fourth-order valence-electron chi connectivity index (χ4n) is 5.81. The van der Waals surface area contributed by atoms with Gasteiger partial charge in [-0.05, 0) is 86.1 Å². The molecule has 1 atom stereocenters. The predicted molar refractivity (Wildman–Crippen MR) is 150 cm³/mol. The fraction of sp³-hybridized carbons (Fsp3) is 0.548. The van der Waals surface area contributed by atoms with E-state index >= 15 is 0 Å². The molecule has 3 heterocycles. The number of nitrogens with zero attached hydrogens (tertiary/aromatic N) is 5. The van der Waals surface area contributed by atoms with E-state index in [4.69, 9.17) is 4.74 Å². The van der Waals surface area contributed by atoms with Gasteiger partial charge in [-0.15, -0.1) is 0 Å². The molecule has 2 fully saturated rings. The Morgan fingerprint density at radius 2 is 1.85 bits per heavy atom. The number of carbonyl (C=O) groups excluding carboxylic acids is 1. The van der Waals surface area contributed by atoms with Crippen molar-refractivity contribution in [2.75, 3.05) is 37.7 Å². The molecule has 1 amide bonds. The lowest BCUT2D eigenvalue weighted by atomic mass is 9.85. The Balaban J connectivity index is 1.12. The average molecular weight is 530 g/mol. The van der Waals surface area contributed by atoms with Gasteiger partial charge in [-0.3, -0.25) is 4.79 Å². The van der Waals surface area contributed by atoms with Crippen LogP contribution in [0.3, 0.4) is 0 Å². The number of likely N-dealkylation sites (tertiary alicyclic amines) is 1. The minimum atomic E-state index is -0.273. The van der Waals surface area contributed by atoms with E-state index in [1.807, 2.05) is 35.5 Å². The van der Waals surface area contributed by atoms with Gasteiger partial charge in [0.25, 0.3) is 0 Å².